The Hall–Kier alpha value is -4.37. The minimum Gasteiger partial charge on any atom is -0.382 e. The number of nitrogens with two attached hydrogens (primary N) is 1. The summed E-state index contributed by atoms with van der Waals surface area (Å²) in [4.78, 5) is 39.3. The van der Waals surface area contributed by atoms with Gasteiger partial charge in [0, 0.05) is 29.7 Å². The predicted molar refractivity (Wildman–Crippen MR) is 134 cm³/mol. The number of pyridine rings is 2. The number of fused-ring (bicyclic) bond motifs is 2. The van der Waals surface area contributed by atoms with Crippen molar-refractivity contribution in [1.29, 1.82) is 0 Å². The lowest BCUT2D eigenvalue weighted by Crippen LogP contribution is -2.19. The van der Waals surface area contributed by atoms with Crippen LogP contribution in [0.2, 0.25) is 5.02 Å². The van der Waals surface area contributed by atoms with E-state index in [2.05, 4.69) is 30.6 Å². The molecular weight excluding hydrogens is 454 g/mol. The number of halogens is 1. The highest BCUT2D eigenvalue weighted by molar-refractivity contribution is 6.31. The Bertz CT molecular complexity index is 1540. The molecule has 0 bridgehead atoms. The molecule has 34 heavy (non-hydrogen) atoms. The monoisotopic (exact) mass is 473 g/mol. The Balaban J connectivity index is 1.47. The summed E-state index contributed by atoms with van der Waals surface area (Å²) in [6.07, 6.45) is 1.42. The quantitative estimate of drug-likeness (QED) is 0.228. The van der Waals surface area contributed by atoms with Crippen LogP contribution in [0.15, 0.2) is 65.6 Å². The van der Waals surface area contributed by atoms with Crippen molar-refractivity contribution in [3.8, 4) is 11.4 Å². The normalized spacial score (nSPS) is 11.1. The highest BCUT2D eigenvalue weighted by Crippen LogP contribution is 2.32. The van der Waals surface area contributed by atoms with E-state index in [-0.39, 0.29) is 5.56 Å². The third-order valence-electron chi connectivity index (χ3n) is 5.38. The summed E-state index contributed by atoms with van der Waals surface area (Å²) in [6, 6.07) is 16.2. The van der Waals surface area contributed by atoms with Gasteiger partial charge in [-0.15, -0.1) is 0 Å². The number of aromatic amines is 2. The van der Waals surface area contributed by atoms with Crippen LogP contribution in [0.3, 0.4) is 0 Å². The molecule has 170 valence electrons. The summed E-state index contributed by atoms with van der Waals surface area (Å²) >= 11 is 6.27. The van der Waals surface area contributed by atoms with Gasteiger partial charge in [-0.1, -0.05) is 23.7 Å². The van der Waals surface area contributed by atoms with E-state index in [9.17, 15) is 9.59 Å². The fourth-order valence-electron chi connectivity index (χ4n) is 3.77. The van der Waals surface area contributed by atoms with Crippen LogP contribution in [-0.2, 0) is 0 Å². The topological polar surface area (TPSA) is 142 Å². The molecule has 9 nitrogen and oxygen atoms in total. The number of amides is 1. The van der Waals surface area contributed by atoms with Gasteiger partial charge in [0.15, 0.2) is 0 Å². The number of benzene rings is 2. The van der Waals surface area contributed by atoms with Gasteiger partial charge in [0.25, 0.3) is 5.56 Å². The molecule has 0 aliphatic heterocycles. The van der Waals surface area contributed by atoms with Crippen LogP contribution in [0, 0.1) is 0 Å². The van der Waals surface area contributed by atoms with Gasteiger partial charge in [0.2, 0.25) is 5.91 Å². The maximum atomic E-state index is 13.1. The van der Waals surface area contributed by atoms with Crippen molar-refractivity contribution in [3.63, 3.8) is 0 Å². The molecule has 0 aliphatic carbocycles. The number of hydrogen-bond donors (Lipinski definition) is 5. The molecule has 0 saturated carbocycles. The van der Waals surface area contributed by atoms with Crippen molar-refractivity contribution in [3.05, 3.63) is 81.7 Å². The Morgan fingerprint density at radius 2 is 1.82 bits per heavy atom. The van der Waals surface area contributed by atoms with E-state index in [1.54, 1.807) is 30.3 Å². The van der Waals surface area contributed by atoms with Gasteiger partial charge in [-0.05, 0) is 42.5 Å². The van der Waals surface area contributed by atoms with Crippen molar-refractivity contribution < 1.29 is 4.79 Å². The minimum atomic E-state index is -0.529. The number of imidazole rings is 1. The van der Waals surface area contributed by atoms with Crippen LogP contribution in [0.5, 0.6) is 0 Å². The lowest BCUT2D eigenvalue weighted by Gasteiger charge is -2.14. The molecule has 0 radical (unpaired) electrons. The molecule has 0 aliphatic rings. The summed E-state index contributed by atoms with van der Waals surface area (Å²) in [7, 11) is 0. The van der Waals surface area contributed by atoms with Gasteiger partial charge in [-0.3, -0.25) is 9.59 Å². The SMILES string of the molecule is NC(=O)c1ccc(NCCNc2c(-c3nc4ccccc4[nH]3)c(=O)[nH]c3ccc(Cl)cc23)nc1. The largest absolute Gasteiger partial charge is 0.382 e. The van der Waals surface area contributed by atoms with Crippen LogP contribution < -0.4 is 21.9 Å². The van der Waals surface area contributed by atoms with Crippen LogP contribution in [-0.4, -0.2) is 38.9 Å². The van der Waals surface area contributed by atoms with Gasteiger partial charge in [0.05, 0.1) is 27.8 Å². The molecule has 0 spiro atoms. The van der Waals surface area contributed by atoms with Crippen molar-refractivity contribution in [2.24, 2.45) is 5.73 Å². The number of rotatable bonds is 7. The zero-order chi connectivity index (χ0) is 23.7. The number of nitrogens with one attached hydrogen (secondary N) is 4. The Morgan fingerprint density at radius 3 is 2.59 bits per heavy atom. The Kier molecular flexibility index (Phi) is 5.60. The number of anilines is 2. The van der Waals surface area contributed by atoms with E-state index >= 15 is 0 Å². The number of carbonyl (C=O) groups is 1. The van der Waals surface area contributed by atoms with Crippen LogP contribution in [0.25, 0.3) is 33.3 Å². The maximum absolute atomic E-state index is 13.1. The van der Waals surface area contributed by atoms with E-state index in [0.717, 1.165) is 16.4 Å². The summed E-state index contributed by atoms with van der Waals surface area (Å²) in [5.41, 5.74) is 8.60. The first-order valence-corrected chi connectivity index (χ1v) is 10.9. The van der Waals surface area contributed by atoms with E-state index < -0.39 is 5.91 Å². The standard InChI is InChI=1S/C24H20ClN7O2/c25-14-6-7-16-15(11-14)21(28-10-9-27-19-8-5-13(12-29-19)22(26)33)20(24(34)32-16)23-30-17-3-1-2-4-18(17)31-23/h1-8,11-12H,9-10H2,(H2,26,33)(H,27,29)(H,30,31)(H2,28,32,34). The third kappa shape index (κ3) is 4.16. The number of para-hydroxylation sites is 2. The summed E-state index contributed by atoms with van der Waals surface area (Å²) in [6.45, 7) is 0.967. The van der Waals surface area contributed by atoms with Gasteiger partial charge >= 0.3 is 0 Å². The molecule has 0 saturated heterocycles. The Morgan fingerprint density at radius 1 is 1.00 bits per heavy atom. The first-order valence-electron chi connectivity index (χ1n) is 10.5. The molecule has 0 atom stereocenters. The van der Waals surface area contributed by atoms with Crippen molar-refractivity contribution in [2.45, 2.75) is 0 Å². The zero-order valence-electron chi connectivity index (χ0n) is 17.9. The summed E-state index contributed by atoms with van der Waals surface area (Å²) in [5, 5.41) is 7.86. The van der Waals surface area contributed by atoms with Crippen molar-refractivity contribution >= 4 is 50.9 Å². The van der Waals surface area contributed by atoms with E-state index in [1.165, 1.54) is 6.20 Å². The average Bonchev–Trinajstić information content (AvgIpc) is 3.26. The fraction of sp³-hybridized carbons (Fsp3) is 0.0833. The van der Waals surface area contributed by atoms with E-state index in [1.807, 2.05) is 24.3 Å². The van der Waals surface area contributed by atoms with Crippen LogP contribution in [0.4, 0.5) is 11.5 Å². The van der Waals surface area contributed by atoms with Gasteiger partial charge in [-0.2, -0.15) is 0 Å². The van der Waals surface area contributed by atoms with E-state index in [0.29, 0.717) is 52.1 Å². The number of carbonyl (C=O) groups excluding carboxylic acids is 1. The zero-order valence-corrected chi connectivity index (χ0v) is 18.6. The first kappa shape index (κ1) is 21.5. The molecule has 0 unspecified atom stereocenters. The molecule has 3 heterocycles. The second-order valence-electron chi connectivity index (χ2n) is 7.65. The van der Waals surface area contributed by atoms with Crippen LogP contribution in [0.1, 0.15) is 10.4 Å². The molecule has 5 aromatic rings. The highest BCUT2D eigenvalue weighted by atomic mass is 35.5. The van der Waals surface area contributed by atoms with Gasteiger partial charge < -0.3 is 26.3 Å². The molecule has 3 aromatic heterocycles. The average molecular weight is 474 g/mol. The Labute approximate surface area is 198 Å². The molecule has 10 heteroatoms. The molecule has 0 fully saturated rings. The molecule has 5 rings (SSSR count). The molecule has 1 amide bonds. The minimum absolute atomic E-state index is 0.270. The van der Waals surface area contributed by atoms with E-state index in [4.69, 9.17) is 17.3 Å². The number of hydrogen-bond acceptors (Lipinski definition) is 6. The van der Waals surface area contributed by atoms with Gasteiger partial charge in [0.1, 0.15) is 17.2 Å². The lowest BCUT2D eigenvalue weighted by molar-refractivity contribution is 0.1000. The molecule has 2 aromatic carbocycles. The lowest BCUT2D eigenvalue weighted by atomic mass is 10.1. The third-order valence-corrected chi connectivity index (χ3v) is 5.62. The number of nitrogens with zero attached hydrogens (tertiary/aromatic N) is 2. The van der Waals surface area contributed by atoms with Crippen molar-refractivity contribution in [1.82, 2.24) is 19.9 Å². The molecule has 6 N–H and O–H groups in total. The second-order valence-corrected chi connectivity index (χ2v) is 8.08. The summed E-state index contributed by atoms with van der Waals surface area (Å²) in [5.74, 6) is 0.533. The fourth-order valence-corrected chi connectivity index (χ4v) is 3.94. The molecular formula is C24H20ClN7O2. The predicted octanol–water partition coefficient (Wildman–Crippen LogP) is 3.74. The first-order chi connectivity index (χ1) is 16.5. The summed E-state index contributed by atoms with van der Waals surface area (Å²) < 4.78 is 0. The highest BCUT2D eigenvalue weighted by Gasteiger charge is 2.18. The maximum Gasteiger partial charge on any atom is 0.261 e. The number of primary amides is 1. The van der Waals surface area contributed by atoms with Gasteiger partial charge in [-0.25, -0.2) is 9.97 Å². The smallest absolute Gasteiger partial charge is 0.261 e. The number of H-pyrrole nitrogens is 2. The number of aromatic nitrogens is 4. The van der Waals surface area contributed by atoms with Crippen molar-refractivity contribution in [2.75, 3.05) is 23.7 Å². The van der Waals surface area contributed by atoms with Crippen LogP contribution >= 0.6 is 11.6 Å². The second kappa shape index (κ2) is 8.87.